The van der Waals surface area contributed by atoms with Gasteiger partial charge < -0.3 is 10.2 Å². The molecule has 0 spiro atoms. The molecule has 0 saturated carbocycles. The summed E-state index contributed by atoms with van der Waals surface area (Å²) in [5.41, 5.74) is 2.87. The van der Waals surface area contributed by atoms with Gasteiger partial charge in [-0.1, -0.05) is 30.3 Å². The minimum absolute atomic E-state index is 0.0910. The second-order valence-corrected chi connectivity index (χ2v) is 6.85. The molecule has 1 fully saturated rings. The van der Waals surface area contributed by atoms with Crippen molar-refractivity contribution in [3.8, 4) is 0 Å². The molecule has 1 aliphatic heterocycles. The molecule has 0 atom stereocenters. The Hall–Kier alpha value is -3.15. The van der Waals surface area contributed by atoms with Gasteiger partial charge in [-0.3, -0.25) is 14.7 Å². The number of carbonyl (C=O) groups is 2. The van der Waals surface area contributed by atoms with Crippen LogP contribution in [-0.4, -0.2) is 40.0 Å². The number of fused-ring (bicyclic) bond motifs is 1. The van der Waals surface area contributed by atoms with Crippen LogP contribution in [0.3, 0.4) is 0 Å². The van der Waals surface area contributed by atoms with E-state index >= 15 is 0 Å². The maximum atomic E-state index is 12.5. The van der Waals surface area contributed by atoms with Crippen molar-refractivity contribution < 1.29 is 9.59 Å². The monoisotopic (exact) mass is 362 g/mol. The van der Waals surface area contributed by atoms with Crippen molar-refractivity contribution in [2.24, 2.45) is 0 Å². The lowest BCUT2D eigenvalue weighted by atomic mass is 10.1. The molecule has 0 radical (unpaired) electrons. The number of carbonyl (C=O) groups excluding carboxylic acids is 2. The van der Waals surface area contributed by atoms with E-state index in [0.29, 0.717) is 17.8 Å². The van der Waals surface area contributed by atoms with Crippen molar-refractivity contribution >= 4 is 22.7 Å². The Bertz CT molecular complexity index is 956. The van der Waals surface area contributed by atoms with Crippen molar-refractivity contribution in [3.63, 3.8) is 0 Å². The predicted octanol–water partition coefficient (Wildman–Crippen LogP) is 3.12. The lowest BCUT2D eigenvalue weighted by molar-refractivity contribution is 0.0724. The number of aromatic amines is 1. The van der Waals surface area contributed by atoms with Crippen LogP contribution in [0.4, 0.5) is 0 Å². The summed E-state index contributed by atoms with van der Waals surface area (Å²) in [5, 5.41) is 10.7. The second-order valence-electron chi connectivity index (χ2n) is 6.85. The quantitative estimate of drug-likeness (QED) is 0.748. The number of H-pyrrole nitrogens is 1. The van der Waals surface area contributed by atoms with Gasteiger partial charge in [0.15, 0.2) is 5.69 Å². The third-order valence-electron chi connectivity index (χ3n) is 4.98. The van der Waals surface area contributed by atoms with Crippen LogP contribution in [0.25, 0.3) is 10.9 Å². The molecule has 4 rings (SSSR count). The maximum Gasteiger partial charge on any atom is 0.272 e. The highest BCUT2D eigenvalue weighted by atomic mass is 16.2. The van der Waals surface area contributed by atoms with Crippen LogP contribution in [0.15, 0.2) is 48.5 Å². The molecule has 0 aliphatic carbocycles. The molecule has 1 aromatic heterocycles. The fourth-order valence-corrected chi connectivity index (χ4v) is 3.45. The highest BCUT2D eigenvalue weighted by Crippen LogP contribution is 2.16. The van der Waals surface area contributed by atoms with Crippen LogP contribution in [0.2, 0.25) is 0 Å². The number of aromatic nitrogens is 2. The number of rotatable bonds is 4. The molecule has 0 bridgehead atoms. The zero-order valence-electron chi connectivity index (χ0n) is 15.1. The molecule has 3 aromatic rings. The fourth-order valence-electron chi connectivity index (χ4n) is 3.45. The Morgan fingerprint density at radius 2 is 1.74 bits per heavy atom. The highest BCUT2D eigenvalue weighted by molar-refractivity contribution is 6.04. The maximum absolute atomic E-state index is 12.5. The number of hydrogen-bond donors (Lipinski definition) is 2. The van der Waals surface area contributed by atoms with E-state index in [1.807, 2.05) is 53.4 Å². The van der Waals surface area contributed by atoms with E-state index < -0.39 is 0 Å². The third-order valence-corrected chi connectivity index (χ3v) is 4.98. The summed E-state index contributed by atoms with van der Waals surface area (Å²) in [6.45, 7) is 2.07. The summed E-state index contributed by atoms with van der Waals surface area (Å²) in [6, 6.07) is 15.0. The number of benzene rings is 2. The first-order valence-electron chi connectivity index (χ1n) is 9.32. The number of amides is 2. The summed E-state index contributed by atoms with van der Waals surface area (Å²) < 4.78 is 0. The van der Waals surface area contributed by atoms with Gasteiger partial charge in [0, 0.05) is 30.6 Å². The van der Waals surface area contributed by atoms with Gasteiger partial charge in [-0.25, -0.2) is 0 Å². The fraction of sp³-hybridized carbons (Fsp3) is 0.286. The molecule has 2 N–H and O–H groups in total. The standard InChI is InChI=1S/C21H22N4O2/c26-20(19-17-6-2-3-7-18(17)23-24-19)22-14-15-8-10-16(11-9-15)21(27)25-12-4-1-5-13-25/h2-3,6-11H,1,4-5,12-14H2,(H,22,26)(H,23,24). The summed E-state index contributed by atoms with van der Waals surface area (Å²) in [5.74, 6) is -0.130. The van der Waals surface area contributed by atoms with Crippen molar-refractivity contribution in [1.29, 1.82) is 0 Å². The second kappa shape index (κ2) is 7.61. The zero-order chi connectivity index (χ0) is 18.6. The molecule has 6 heteroatoms. The van der Waals surface area contributed by atoms with Crippen molar-refractivity contribution in [1.82, 2.24) is 20.4 Å². The normalized spacial score (nSPS) is 14.3. The Morgan fingerprint density at radius 3 is 2.52 bits per heavy atom. The van der Waals surface area contributed by atoms with E-state index in [9.17, 15) is 9.59 Å². The summed E-state index contributed by atoms with van der Waals surface area (Å²) >= 11 is 0. The number of nitrogens with zero attached hydrogens (tertiary/aromatic N) is 2. The van der Waals surface area contributed by atoms with E-state index in [0.717, 1.165) is 42.4 Å². The zero-order valence-corrected chi connectivity index (χ0v) is 15.1. The SMILES string of the molecule is O=C(NCc1ccc(C(=O)N2CCCCC2)cc1)c1n[nH]c2ccccc12. The molecule has 138 valence electrons. The van der Waals surface area contributed by atoms with E-state index in [1.54, 1.807) is 0 Å². The minimum atomic E-state index is -0.221. The highest BCUT2D eigenvalue weighted by Gasteiger charge is 2.18. The van der Waals surface area contributed by atoms with Crippen molar-refractivity contribution in [2.45, 2.75) is 25.8 Å². The van der Waals surface area contributed by atoms with Crippen LogP contribution in [0.1, 0.15) is 45.7 Å². The minimum Gasteiger partial charge on any atom is -0.347 e. The van der Waals surface area contributed by atoms with Crippen LogP contribution in [0, 0.1) is 0 Å². The summed E-state index contributed by atoms with van der Waals surface area (Å²) in [7, 11) is 0. The predicted molar refractivity (Wildman–Crippen MR) is 103 cm³/mol. The smallest absolute Gasteiger partial charge is 0.272 e. The molecule has 2 amide bonds. The first-order valence-corrected chi connectivity index (χ1v) is 9.32. The average molecular weight is 362 g/mol. The number of hydrogen-bond acceptors (Lipinski definition) is 3. The summed E-state index contributed by atoms with van der Waals surface area (Å²) in [4.78, 5) is 26.8. The Labute approximate surface area is 157 Å². The molecule has 0 unspecified atom stereocenters. The van der Waals surface area contributed by atoms with Gasteiger partial charge in [-0.05, 0) is 43.0 Å². The van der Waals surface area contributed by atoms with Gasteiger partial charge in [0.1, 0.15) is 0 Å². The van der Waals surface area contributed by atoms with Crippen LogP contribution in [-0.2, 0) is 6.54 Å². The van der Waals surface area contributed by atoms with E-state index in [-0.39, 0.29) is 11.8 Å². The summed E-state index contributed by atoms with van der Waals surface area (Å²) in [6.07, 6.45) is 3.36. The van der Waals surface area contributed by atoms with Crippen LogP contribution in [0.5, 0.6) is 0 Å². The Kier molecular flexibility index (Phi) is 4.87. The number of likely N-dealkylation sites (tertiary alicyclic amines) is 1. The largest absolute Gasteiger partial charge is 0.347 e. The van der Waals surface area contributed by atoms with Gasteiger partial charge in [-0.15, -0.1) is 0 Å². The van der Waals surface area contributed by atoms with Crippen molar-refractivity contribution in [3.05, 3.63) is 65.4 Å². The molecule has 27 heavy (non-hydrogen) atoms. The number of piperidine rings is 1. The topological polar surface area (TPSA) is 78.1 Å². The van der Waals surface area contributed by atoms with Gasteiger partial charge >= 0.3 is 0 Å². The third kappa shape index (κ3) is 3.69. The van der Waals surface area contributed by atoms with Crippen molar-refractivity contribution in [2.75, 3.05) is 13.1 Å². The first-order chi connectivity index (χ1) is 13.2. The lowest BCUT2D eigenvalue weighted by Gasteiger charge is -2.26. The van der Waals surface area contributed by atoms with E-state index in [1.165, 1.54) is 6.42 Å². The molecule has 2 aromatic carbocycles. The first kappa shape index (κ1) is 17.3. The van der Waals surface area contributed by atoms with E-state index in [2.05, 4.69) is 15.5 Å². The van der Waals surface area contributed by atoms with Gasteiger partial charge in [0.05, 0.1) is 5.52 Å². The van der Waals surface area contributed by atoms with Crippen LogP contribution >= 0.6 is 0 Å². The molecule has 2 heterocycles. The van der Waals surface area contributed by atoms with E-state index in [4.69, 9.17) is 0 Å². The molecule has 1 aliphatic rings. The Morgan fingerprint density at radius 1 is 1.00 bits per heavy atom. The molecule has 6 nitrogen and oxygen atoms in total. The number of nitrogens with one attached hydrogen (secondary N) is 2. The molecule has 1 saturated heterocycles. The number of para-hydroxylation sites is 1. The Balaban J connectivity index is 1.38. The van der Waals surface area contributed by atoms with Gasteiger partial charge in [0.2, 0.25) is 0 Å². The molecular formula is C21H22N4O2. The average Bonchev–Trinajstić information content (AvgIpc) is 3.17. The van der Waals surface area contributed by atoms with Crippen LogP contribution < -0.4 is 5.32 Å². The molecular weight excluding hydrogens is 340 g/mol. The van der Waals surface area contributed by atoms with Gasteiger partial charge in [0.25, 0.3) is 11.8 Å². The lowest BCUT2D eigenvalue weighted by Crippen LogP contribution is -2.35. The van der Waals surface area contributed by atoms with Gasteiger partial charge in [-0.2, -0.15) is 5.10 Å².